The molecule has 0 spiro atoms. The standard InChI is InChI=1S/C14H13F5O4/c1-5-8(6-3-4-7(15)9(16)10(6)22-2)11(13(20)21)23-12(5)14(17,18)19/h3-5,8,11-12H,1-2H3,(H,20,21)/t5-,8-,11+,12+/m0/s1. The maximum absolute atomic E-state index is 13.8. The molecule has 1 heterocycles. The number of aliphatic carboxylic acids is 1. The van der Waals surface area contributed by atoms with Crippen molar-refractivity contribution in [2.75, 3.05) is 7.11 Å². The van der Waals surface area contributed by atoms with Crippen LogP contribution in [0, 0.1) is 17.6 Å². The summed E-state index contributed by atoms with van der Waals surface area (Å²) in [5.74, 6) is -7.56. The first-order chi connectivity index (χ1) is 10.6. The van der Waals surface area contributed by atoms with E-state index in [0.717, 1.165) is 20.1 Å². The second-order valence-corrected chi connectivity index (χ2v) is 5.23. The predicted octanol–water partition coefficient (Wildman–Crippen LogP) is 3.11. The van der Waals surface area contributed by atoms with E-state index in [1.54, 1.807) is 0 Å². The summed E-state index contributed by atoms with van der Waals surface area (Å²) in [7, 11) is 1.01. The molecule has 0 bridgehead atoms. The molecule has 2 rings (SSSR count). The molecule has 0 amide bonds. The summed E-state index contributed by atoms with van der Waals surface area (Å²) in [6, 6.07) is 1.72. The zero-order valence-electron chi connectivity index (χ0n) is 12.0. The van der Waals surface area contributed by atoms with Gasteiger partial charge in [-0.3, -0.25) is 0 Å². The Balaban J connectivity index is 2.56. The molecule has 1 N–H and O–H groups in total. The number of benzene rings is 1. The SMILES string of the molecule is COc1c([C@@H]2[C@H](C)[C@H](C(F)(F)F)O[C@H]2C(=O)O)ccc(F)c1F. The van der Waals surface area contributed by atoms with Crippen LogP contribution in [0.1, 0.15) is 18.4 Å². The third-order valence-electron chi connectivity index (χ3n) is 3.87. The quantitative estimate of drug-likeness (QED) is 0.859. The van der Waals surface area contributed by atoms with Gasteiger partial charge in [0.1, 0.15) is 0 Å². The first-order valence-corrected chi connectivity index (χ1v) is 6.56. The molecule has 1 fully saturated rings. The second-order valence-electron chi connectivity index (χ2n) is 5.23. The third kappa shape index (κ3) is 2.97. The Morgan fingerprint density at radius 1 is 1.30 bits per heavy atom. The van der Waals surface area contributed by atoms with Gasteiger partial charge >= 0.3 is 12.1 Å². The maximum atomic E-state index is 13.8. The summed E-state index contributed by atoms with van der Waals surface area (Å²) in [5, 5.41) is 9.13. The van der Waals surface area contributed by atoms with Gasteiger partial charge in [-0.2, -0.15) is 17.6 Å². The number of carboxylic acid groups (broad SMARTS) is 1. The average molecular weight is 340 g/mol. The number of methoxy groups -OCH3 is 1. The van der Waals surface area contributed by atoms with Crippen LogP contribution < -0.4 is 4.74 Å². The molecule has 0 unspecified atom stereocenters. The fraction of sp³-hybridized carbons (Fsp3) is 0.500. The first-order valence-electron chi connectivity index (χ1n) is 6.56. The van der Waals surface area contributed by atoms with Crippen molar-refractivity contribution in [3.8, 4) is 5.75 Å². The number of carboxylic acids is 1. The minimum absolute atomic E-state index is 0.182. The van der Waals surface area contributed by atoms with Crippen LogP contribution in [0.25, 0.3) is 0 Å². The van der Waals surface area contributed by atoms with Crippen molar-refractivity contribution >= 4 is 5.97 Å². The Morgan fingerprint density at radius 3 is 2.39 bits per heavy atom. The monoisotopic (exact) mass is 340 g/mol. The maximum Gasteiger partial charge on any atom is 0.414 e. The number of halogens is 5. The van der Waals surface area contributed by atoms with E-state index in [0.29, 0.717) is 6.07 Å². The van der Waals surface area contributed by atoms with Crippen LogP contribution in [0.15, 0.2) is 12.1 Å². The van der Waals surface area contributed by atoms with Gasteiger partial charge in [-0.1, -0.05) is 13.0 Å². The molecule has 0 aromatic heterocycles. The fourth-order valence-corrected chi connectivity index (χ4v) is 2.88. The van der Waals surface area contributed by atoms with E-state index in [2.05, 4.69) is 4.74 Å². The van der Waals surface area contributed by atoms with E-state index in [9.17, 15) is 26.7 Å². The summed E-state index contributed by atoms with van der Waals surface area (Å²) in [5.41, 5.74) is -0.182. The number of carbonyl (C=O) groups is 1. The van der Waals surface area contributed by atoms with E-state index < -0.39 is 53.6 Å². The largest absolute Gasteiger partial charge is 0.493 e. The molecule has 128 valence electrons. The molecule has 0 saturated carbocycles. The highest BCUT2D eigenvalue weighted by Crippen LogP contribution is 2.48. The molecular weight excluding hydrogens is 327 g/mol. The van der Waals surface area contributed by atoms with Crippen molar-refractivity contribution < 1.29 is 41.3 Å². The third-order valence-corrected chi connectivity index (χ3v) is 3.87. The van der Waals surface area contributed by atoms with Crippen molar-refractivity contribution in [2.45, 2.75) is 31.2 Å². The molecule has 0 aliphatic carbocycles. The van der Waals surface area contributed by atoms with Crippen LogP contribution in [0.5, 0.6) is 5.75 Å². The topological polar surface area (TPSA) is 55.8 Å². The van der Waals surface area contributed by atoms with Crippen LogP contribution in [0.4, 0.5) is 22.0 Å². The number of hydrogen-bond donors (Lipinski definition) is 1. The van der Waals surface area contributed by atoms with Gasteiger partial charge in [0, 0.05) is 17.4 Å². The van der Waals surface area contributed by atoms with E-state index in [-0.39, 0.29) is 5.56 Å². The van der Waals surface area contributed by atoms with Gasteiger partial charge in [0.15, 0.2) is 23.8 Å². The highest BCUT2D eigenvalue weighted by Gasteiger charge is 2.57. The summed E-state index contributed by atoms with van der Waals surface area (Å²) in [6.45, 7) is 1.15. The summed E-state index contributed by atoms with van der Waals surface area (Å²) >= 11 is 0. The molecule has 1 aromatic carbocycles. The van der Waals surface area contributed by atoms with Crippen LogP contribution in [-0.4, -0.2) is 36.6 Å². The number of alkyl halides is 3. The van der Waals surface area contributed by atoms with Gasteiger partial charge in [0.05, 0.1) is 7.11 Å². The zero-order valence-corrected chi connectivity index (χ0v) is 12.0. The smallest absolute Gasteiger partial charge is 0.414 e. The minimum atomic E-state index is -4.78. The van der Waals surface area contributed by atoms with Gasteiger partial charge in [0.2, 0.25) is 5.82 Å². The lowest BCUT2D eigenvalue weighted by atomic mass is 9.82. The highest BCUT2D eigenvalue weighted by atomic mass is 19.4. The highest BCUT2D eigenvalue weighted by molar-refractivity contribution is 5.75. The van der Waals surface area contributed by atoms with E-state index in [1.807, 2.05) is 0 Å². The molecule has 0 radical (unpaired) electrons. The minimum Gasteiger partial charge on any atom is -0.493 e. The Labute approximate surface area is 127 Å². The molecule has 1 saturated heterocycles. The van der Waals surface area contributed by atoms with Gasteiger partial charge in [-0.05, 0) is 6.07 Å². The van der Waals surface area contributed by atoms with Crippen molar-refractivity contribution in [1.29, 1.82) is 0 Å². The van der Waals surface area contributed by atoms with Crippen molar-refractivity contribution in [3.05, 3.63) is 29.3 Å². The zero-order chi connectivity index (χ0) is 17.5. The molecule has 4 nitrogen and oxygen atoms in total. The molecule has 23 heavy (non-hydrogen) atoms. The number of hydrogen-bond acceptors (Lipinski definition) is 3. The number of ether oxygens (including phenoxy) is 2. The molecule has 1 aromatic rings. The lowest BCUT2D eigenvalue weighted by Gasteiger charge is -2.23. The molecular formula is C14H13F5O4. The Bertz CT molecular complexity index is 616. The fourth-order valence-electron chi connectivity index (χ4n) is 2.88. The van der Waals surface area contributed by atoms with Gasteiger partial charge in [0.25, 0.3) is 0 Å². The van der Waals surface area contributed by atoms with Crippen LogP contribution in [0.2, 0.25) is 0 Å². The van der Waals surface area contributed by atoms with Gasteiger partial charge in [-0.25, -0.2) is 9.18 Å². The van der Waals surface area contributed by atoms with Gasteiger partial charge in [-0.15, -0.1) is 0 Å². The second kappa shape index (κ2) is 5.95. The lowest BCUT2D eigenvalue weighted by Crippen LogP contribution is -2.33. The van der Waals surface area contributed by atoms with Crippen LogP contribution in [-0.2, 0) is 9.53 Å². The van der Waals surface area contributed by atoms with Crippen molar-refractivity contribution in [2.24, 2.45) is 5.92 Å². The van der Waals surface area contributed by atoms with E-state index >= 15 is 0 Å². The molecule has 4 atom stereocenters. The van der Waals surface area contributed by atoms with E-state index in [4.69, 9.17) is 9.84 Å². The molecule has 9 heteroatoms. The summed E-state index contributed by atoms with van der Waals surface area (Å²) < 4.78 is 75.4. The normalized spacial score (nSPS) is 28.0. The van der Waals surface area contributed by atoms with E-state index in [1.165, 1.54) is 0 Å². The Hall–Kier alpha value is -1.90. The van der Waals surface area contributed by atoms with Crippen molar-refractivity contribution in [3.63, 3.8) is 0 Å². The average Bonchev–Trinajstić information content (AvgIpc) is 2.79. The van der Waals surface area contributed by atoms with Crippen LogP contribution >= 0.6 is 0 Å². The lowest BCUT2D eigenvalue weighted by molar-refractivity contribution is -0.224. The summed E-state index contributed by atoms with van der Waals surface area (Å²) in [6.07, 6.45) is -8.96. The molecule has 1 aliphatic heterocycles. The summed E-state index contributed by atoms with van der Waals surface area (Å²) in [4.78, 5) is 11.3. The first kappa shape index (κ1) is 17.5. The Morgan fingerprint density at radius 2 is 1.91 bits per heavy atom. The van der Waals surface area contributed by atoms with Crippen LogP contribution in [0.3, 0.4) is 0 Å². The number of rotatable bonds is 3. The van der Waals surface area contributed by atoms with Gasteiger partial charge < -0.3 is 14.6 Å². The predicted molar refractivity (Wildman–Crippen MR) is 67.2 cm³/mol. The Kier molecular flexibility index (Phi) is 4.52. The van der Waals surface area contributed by atoms with Crippen molar-refractivity contribution in [1.82, 2.24) is 0 Å². The molecule has 1 aliphatic rings.